The van der Waals surface area contributed by atoms with Crippen LogP contribution in [0, 0.1) is 0 Å². The molecule has 1 saturated heterocycles. The van der Waals surface area contributed by atoms with E-state index in [4.69, 9.17) is 14.2 Å². The molecule has 0 aromatic heterocycles. The van der Waals surface area contributed by atoms with Gasteiger partial charge >= 0.3 is 5.97 Å². The summed E-state index contributed by atoms with van der Waals surface area (Å²) in [7, 11) is 1.63. The summed E-state index contributed by atoms with van der Waals surface area (Å²) in [6.45, 7) is 1.47. The second kappa shape index (κ2) is 7.19. The van der Waals surface area contributed by atoms with Gasteiger partial charge < -0.3 is 24.2 Å². The van der Waals surface area contributed by atoms with Crippen molar-refractivity contribution in [3.05, 3.63) is 29.3 Å². The lowest BCUT2D eigenvalue weighted by Crippen LogP contribution is -2.53. The minimum Gasteiger partial charge on any atom is -0.497 e. The molecule has 0 bridgehead atoms. The van der Waals surface area contributed by atoms with Crippen molar-refractivity contribution in [3.63, 3.8) is 0 Å². The Balaban J connectivity index is 1.72. The molecule has 2 aliphatic rings. The van der Waals surface area contributed by atoms with E-state index in [1.54, 1.807) is 12.0 Å². The van der Waals surface area contributed by atoms with Gasteiger partial charge in [-0.3, -0.25) is 4.79 Å². The fraction of sp³-hybridized carbons (Fsp3) is 0.529. The third kappa shape index (κ3) is 3.37. The molecule has 0 saturated carbocycles. The Morgan fingerprint density at radius 3 is 2.46 bits per heavy atom. The fourth-order valence-corrected chi connectivity index (χ4v) is 3.16. The average Bonchev–Trinajstić information content (AvgIpc) is 2.83. The summed E-state index contributed by atoms with van der Waals surface area (Å²) >= 11 is 0. The maximum atomic E-state index is 12.7. The molecular weight excluding hydrogens is 314 g/mol. The lowest BCUT2D eigenvalue weighted by atomic mass is 10.0. The van der Waals surface area contributed by atoms with E-state index in [-0.39, 0.29) is 19.1 Å². The molecule has 2 aliphatic heterocycles. The predicted molar refractivity (Wildman–Crippen MR) is 84.1 cm³/mol. The molecule has 7 heteroatoms. The van der Waals surface area contributed by atoms with Gasteiger partial charge in [-0.2, -0.15) is 0 Å². The van der Waals surface area contributed by atoms with E-state index in [0.29, 0.717) is 19.5 Å². The van der Waals surface area contributed by atoms with Crippen molar-refractivity contribution in [2.24, 2.45) is 0 Å². The number of carbonyl (C=O) groups is 2. The zero-order chi connectivity index (χ0) is 17.1. The SMILES string of the molecule is COc1ccc2c(c1)CCN(C(=O)[C@@H]1OCCO[C@@H]1C(=O)O)CC2. The summed E-state index contributed by atoms with van der Waals surface area (Å²) in [6, 6.07) is 5.92. The number of carboxylic acid groups (broad SMARTS) is 1. The van der Waals surface area contributed by atoms with Crippen molar-refractivity contribution in [1.82, 2.24) is 4.90 Å². The van der Waals surface area contributed by atoms with Crippen molar-refractivity contribution >= 4 is 11.9 Å². The van der Waals surface area contributed by atoms with Crippen LogP contribution in [0.2, 0.25) is 0 Å². The Kier molecular flexibility index (Phi) is 5.01. The first-order valence-corrected chi connectivity index (χ1v) is 8.00. The Bertz CT molecular complexity index is 632. The number of ether oxygens (including phenoxy) is 3. The third-order valence-corrected chi connectivity index (χ3v) is 4.47. The van der Waals surface area contributed by atoms with Crippen LogP contribution in [0.3, 0.4) is 0 Å². The van der Waals surface area contributed by atoms with Crippen LogP contribution in [0.1, 0.15) is 11.1 Å². The molecule has 1 fully saturated rings. The highest BCUT2D eigenvalue weighted by Gasteiger charge is 2.40. The third-order valence-electron chi connectivity index (χ3n) is 4.47. The van der Waals surface area contributed by atoms with Crippen LogP contribution >= 0.6 is 0 Å². The maximum Gasteiger partial charge on any atom is 0.336 e. The van der Waals surface area contributed by atoms with Crippen LogP contribution in [0.15, 0.2) is 18.2 Å². The van der Waals surface area contributed by atoms with E-state index in [1.807, 2.05) is 18.2 Å². The number of aliphatic carboxylic acids is 1. The first-order valence-electron chi connectivity index (χ1n) is 8.00. The highest BCUT2D eigenvalue weighted by atomic mass is 16.6. The predicted octanol–water partition coefficient (Wildman–Crippen LogP) is 0.491. The molecule has 24 heavy (non-hydrogen) atoms. The lowest BCUT2D eigenvalue weighted by molar-refractivity contribution is -0.189. The number of hydrogen-bond donors (Lipinski definition) is 1. The summed E-state index contributed by atoms with van der Waals surface area (Å²) in [6.07, 6.45) is -0.899. The maximum absolute atomic E-state index is 12.7. The lowest BCUT2D eigenvalue weighted by Gasteiger charge is -2.32. The standard InChI is InChI=1S/C17H21NO6/c1-22-13-3-2-11-4-6-18(7-5-12(11)10-13)16(19)14-15(17(20)21)24-9-8-23-14/h2-3,10,14-15H,4-9H2,1H3,(H,20,21)/t14-,15+/m1/s1. The molecule has 1 N–H and O–H groups in total. The normalized spacial score (nSPS) is 24.0. The van der Waals surface area contributed by atoms with Crippen molar-refractivity contribution in [1.29, 1.82) is 0 Å². The number of fused-ring (bicyclic) bond motifs is 1. The summed E-state index contributed by atoms with van der Waals surface area (Å²) in [5.41, 5.74) is 2.34. The molecule has 1 amide bonds. The molecule has 1 aromatic rings. The van der Waals surface area contributed by atoms with E-state index in [9.17, 15) is 14.7 Å². The average molecular weight is 335 g/mol. The van der Waals surface area contributed by atoms with Gasteiger partial charge in [0.25, 0.3) is 5.91 Å². The van der Waals surface area contributed by atoms with Gasteiger partial charge in [0.2, 0.25) is 0 Å². The molecule has 2 heterocycles. The summed E-state index contributed by atoms with van der Waals surface area (Å²) in [5, 5.41) is 9.22. The Hall–Kier alpha value is -2.12. The van der Waals surface area contributed by atoms with Gasteiger partial charge in [0.05, 0.1) is 20.3 Å². The molecule has 2 atom stereocenters. The van der Waals surface area contributed by atoms with E-state index < -0.39 is 18.2 Å². The Morgan fingerprint density at radius 1 is 1.12 bits per heavy atom. The topological polar surface area (TPSA) is 85.3 Å². The van der Waals surface area contributed by atoms with Crippen molar-refractivity contribution in [2.75, 3.05) is 33.4 Å². The number of rotatable bonds is 3. The molecule has 0 spiro atoms. The summed E-state index contributed by atoms with van der Waals surface area (Å²) < 4.78 is 15.9. The zero-order valence-corrected chi connectivity index (χ0v) is 13.6. The number of carboxylic acids is 1. The van der Waals surface area contributed by atoms with Crippen LogP contribution in [0.4, 0.5) is 0 Å². The van der Waals surface area contributed by atoms with Crippen LogP contribution < -0.4 is 4.74 Å². The number of nitrogens with zero attached hydrogens (tertiary/aromatic N) is 1. The van der Waals surface area contributed by atoms with Crippen molar-refractivity contribution in [2.45, 2.75) is 25.0 Å². The van der Waals surface area contributed by atoms with Crippen molar-refractivity contribution < 1.29 is 28.9 Å². The van der Waals surface area contributed by atoms with E-state index in [0.717, 1.165) is 17.7 Å². The van der Waals surface area contributed by atoms with E-state index in [2.05, 4.69) is 0 Å². The fourth-order valence-electron chi connectivity index (χ4n) is 3.16. The second-order valence-corrected chi connectivity index (χ2v) is 5.88. The van der Waals surface area contributed by atoms with Gasteiger partial charge in [-0.25, -0.2) is 4.79 Å². The molecule has 0 aliphatic carbocycles. The number of carbonyl (C=O) groups excluding carboxylic acids is 1. The van der Waals surface area contributed by atoms with Gasteiger partial charge in [0, 0.05) is 13.1 Å². The van der Waals surface area contributed by atoms with Gasteiger partial charge in [-0.1, -0.05) is 6.07 Å². The quantitative estimate of drug-likeness (QED) is 0.865. The monoisotopic (exact) mass is 335 g/mol. The number of benzene rings is 1. The zero-order valence-electron chi connectivity index (χ0n) is 13.6. The number of methoxy groups -OCH3 is 1. The largest absolute Gasteiger partial charge is 0.497 e. The van der Waals surface area contributed by atoms with E-state index >= 15 is 0 Å². The summed E-state index contributed by atoms with van der Waals surface area (Å²) in [4.78, 5) is 25.7. The van der Waals surface area contributed by atoms with Crippen LogP contribution in [0.25, 0.3) is 0 Å². The first kappa shape index (κ1) is 16.7. The highest BCUT2D eigenvalue weighted by molar-refractivity contribution is 5.88. The first-order chi connectivity index (χ1) is 11.6. The number of amides is 1. The molecule has 7 nitrogen and oxygen atoms in total. The Labute approximate surface area is 140 Å². The van der Waals surface area contributed by atoms with Gasteiger partial charge in [-0.05, 0) is 36.1 Å². The molecule has 1 aromatic carbocycles. The molecule has 0 unspecified atom stereocenters. The smallest absolute Gasteiger partial charge is 0.336 e. The van der Waals surface area contributed by atoms with Crippen molar-refractivity contribution in [3.8, 4) is 5.75 Å². The van der Waals surface area contributed by atoms with Crippen LogP contribution in [-0.2, 0) is 31.9 Å². The van der Waals surface area contributed by atoms with Crippen LogP contribution in [0.5, 0.6) is 5.75 Å². The van der Waals surface area contributed by atoms with Gasteiger partial charge in [0.15, 0.2) is 12.2 Å². The molecule has 130 valence electrons. The van der Waals surface area contributed by atoms with Crippen LogP contribution in [-0.4, -0.2) is 67.5 Å². The number of hydrogen-bond acceptors (Lipinski definition) is 5. The van der Waals surface area contributed by atoms with E-state index in [1.165, 1.54) is 5.56 Å². The second-order valence-electron chi connectivity index (χ2n) is 5.88. The molecular formula is C17H21NO6. The molecule has 0 radical (unpaired) electrons. The minimum atomic E-state index is -1.24. The highest BCUT2D eigenvalue weighted by Crippen LogP contribution is 2.23. The summed E-state index contributed by atoms with van der Waals surface area (Å²) in [5.74, 6) is -0.693. The molecule has 3 rings (SSSR count). The Morgan fingerprint density at radius 2 is 1.79 bits per heavy atom. The van der Waals surface area contributed by atoms with Gasteiger partial charge in [-0.15, -0.1) is 0 Å². The van der Waals surface area contributed by atoms with Gasteiger partial charge in [0.1, 0.15) is 5.75 Å². The minimum absolute atomic E-state index is 0.186.